The van der Waals surface area contributed by atoms with E-state index in [0.717, 1.165) is 17.9 Å². The van der Waals surface area contributed by atoms with Crippen molar-refractivity contribution in [2.75, 3.05) is 46.3 Å². The Labute approximate surface area is 106 Å². The molecule has 3 nitrogen and oxygen atoms in total. The zero-order valence-corrected chi connectivity index (χ0v) is 11.2. The smallest absolute Gasteiger partial charge is 0.0223 e. The number of likely N-dealkylation sites (tertiary alicyclic amines) is 1. The van der Waals surface area contributed by atoms with Crippen LogP contribution in [0.25, 0.3) is 0 Å². The number of rotatable bonds is 3. The molecule has 3 aliphatic rings. The molecule has 2 saturated heterocycles. The van der Waals surface area contributed by atoms with Crippen LogP contribution >= 0.6 is 0 Å². The molecule has 3 heteroatoms. The number of nitrogens with zero attached hydrogens (tertiary/aromatic N) is 2. The Balaban J connectivity index is 1.50. The predicted molar refractivity (Wildman–Crippen MR) is 71.2 cm³/mol. The van der Waals surface area contributed by atoms with Crippen molar-refractivity contribution in [2.45, 2.75) is 31.7 Å². The van der Waals surface area contributed by atoms with Gasteiger partial charge in [-0.05, 0) is 64.2 Å². The van der Waals surface area contributed by atoms with E-state index in [2.05, 4.69) is 22.2 Å². The second-order valence-electron chi connectivity index (χ2n) is 6.43. The molecule has 98 valence electrons. The minimum absolute atomic E-state index is 0.802. The maximum absolute atomic E-state index is 3.76. The van der Waals surface area contributed by atoms with Gasteiger partial charge in [0.1, 0.15) is 0 Å². The third-order valence-electron chi connectivity index (χ3n) is 4.71. The quantitative estimate of drug-likeness (QED) is 0.790. The first-order valence-electron chi connectivity index (χ1n) is 7.45. The van der Waals surface area contributed by atoms with Crippen LogP contribution in [0.5, 0.6) is 0 Å². The average Bonchev–Trinajstić information content (AvgIpc) is 3.07. The van der Waals surface area contributed by atoms with Gasteiger partial charge in [0.2, 0.25) is 0 Å². The van der Waals surface area contributed by atoms with Crippen LogP contribution in [-0.2, 0) is 0 Å². The van der Waals surface area contributed by atoms with Crippen LogP contribution in [-0.4, -0.2) is 62.2 Å². The molecule has 1 N–H and O–H groups in total. The van der Waals surface area contributed by atoms with Gasteiger partial charge >= 0.3 is 0 Å². The van der Waals surface area contributed by atoms with Crippen molar-refractivity contribution in [1.29, 1.82) is 0 Å². The van der Waals surface area contributed by atoms with Gasteiger partial charge in [-0.1, -0.05) is 0 Å². The molecule has 0 amide bonds. The molecule has 0 aromatic rings. The van der Waals surface area contributed by atoms with Gasteiger partial charge in [0, 0.05) is 25.7 Å². The highest BCUT2D eigenvalue weighted by Crippen LogP contribution is 2.33. The molecular weight excluding hydrogens is 210 g/mol. The second-order valence-corrected chi connectivity index (χ2v) is 6.43. The lowest BCUT2D eigenvalue weighted by atomic mass is 10.1. The Morgan fingerprint density at radius 3 is 2.71 bits per heavy atom. The highest BCUT2D eigenvalue weighted by Gasteiger charge is 2.33. The Morgan fingerprint density at radius 1 is 1.12 bits per heavy atom. The first kappa shape index (κ1) is 11.9. The number of nitrogens with one attached hydrogen (secondary N) is 1. The van der Waals surface area contributed by atoms with E-state index in [9.17, 15) is 0 Å². The lowest BCUT2D eigenvalue weighted by molar-refractivity contribution is 0.220. The Hall–Kier alpha value is -0.120. The normalized spacial score (nSPS) is 37.2. The molecule has 2 unspecified atom stereocenters. The van der Waals surface area contributed by atoms with Gasteiger partial charge in [0.05, 0.1) is 0 Å². The van der Waals surface area contributed by atoms with Crippen molar-refractivity contribution in [3.05, 3.63) is 0 Å². The van der Waals surface area contributed by atoms with Crippen LogP contribution < -0.4 is 5.32 Å². The molecule has 0 spiro atoms. The molecule has 0 aromatic carbocycles. The molecule has 2 aliphatic heterocycles. The van der Waals surface area contributed by atoms with Crippen LogP contribution in [0.2, 0.25) is 0 Å². The summed E-state index contributed by atoms with van der Waals surface area (Å²) in [4.78, 5) is 5.23. The molecule has 1 aliphatic carbocycles. The van der Waals surface area contributed by atoms with Crippen LogP contribution in [0.3, 0.4) is 0 Å². The Morgan fingerprint density at radius 2 is 2.00 bits per heavy atom. The largest absolute Gasteiger partial charge is 0.312 e. The predicted octanol–water partition coefficient (Wildman–Crippen LogP) is 1.01. The monoisotopic (exact) mass is 237 g/mol. The van der Waals surface area contributed by atoms with Crippen LogP contribution in [0, 0.1) is 11.8 Å². The number of hydrogen-bond donors (Lipinski definition) is 1. The summed E-state index contributed by atoms with van der Waals surface area (Å²) in [6.07, 6.45) is 5.69. The van der Waals surface area contributed by atoms with E-state index in [-0.39, 0.29) is 0 Å². The fourth-order valence-corrected chi connectivity index (χ4v) is 3.54. The van der Waals surface area contributed by atoms with E-state index in [1.165, 1.54) is 65.0 Å². The molecule has 17 heavy (non-hydrogen) atoms. The van der Waals surface area contributed by atoms with Crippen molar-refractivity contribution in [3.63, 3.8) is 0 Å². The summed E-state index contributed by atoms with van der Waals surface area (Å²) >= 11 is 0. The average molecular weight is 237 g/mol. The molecule has 1 saturated carbocycles. The maximum atomic E-state index is 3.76. The fourth-order valence-electron chi connectivity index (χ4n) is 3.54. The summed E-state index contributed by atoms with van der Waals surface area (Å²) in [7, 11) is 2.26. The minimum atomic E-state index is 0.802. The van der Waals surface area contributed by atoms with Crippen molar-refractivity contribution >= 4 is 0 Å². The van der Waals surface area contributed by atoms with E-state index >= 15 is 0 Å². The van der Waals surface area contributed by atoms with Gasteiger partial charge in [-0.3, -0.25) is 0 Å². The van der Waals surface area contributed by atoms with Crippen LogP contribution in [0.15, 0.2) is 0 Å². The molecule has 3 fully saturated rings. The van der Waals surface area contributed by atoms with E-state index < -0.39 is 0 Å². The van der Waals surface area contributed by atoms with Gasteiger partial charge in [0.15, 0.2) is 0 Å². The van der Waals surface area contributed by atoms with Gasteiger partial charge in [-0.25, -0.2) is 0 Å². The van der Waals surface area contributed by atoms with Crippen molar-refractivity contribution < 1.29 is 0 Å². The third-order valence-corrected chi connectivity index (χ3v) is 4.71. The highest BCUT2D eigenvalue weighted by atomic mass is 15.2. The third kappa shape index (κ3) is 3.21. The molecule has 2 heterocycles. The van der Waals surface area contributed by atoms with E-state index in [0.29, 0.717) is 0 Å². The van der Waals surface area contributed by atoms with Crippen LogP contribution in [0.1, 0.15) is 25.7 Å². The van der Waals surface area contributed by atoms with Gasteiger partial charge in [0.25, 0.3) is 0 Å². The maximum Gasteiger partial charge on any atom is 0.0223 e. The molecule has 3 rings (SSSR count). The first-order chi connectivity index (χ1) is 8.31. The highest BCUT2D eigenvalue weighted by molar-refractivity contribution is 4.90. The topological polar surface area (TPSA) is 18.5 Å². The minimum Gasteiger partial charge on any atom is -0.312 e. The van der Waals surface area contributed by atoms with Gasteiger partial charge < -0.3 is 15.1 Å². The van der Waals surface area contributed by atoms with Gasteiger partial charge in [-0.2, -0.15) is 0 Å². The summed E-state index contributed by atoms with van der Waals surface area (Å²) in [6.45, 7) is 7.83. The van der Waals surface area contributed by atoms with E-state index in [1.807, 2.05) is 0 Å². The fraction of sp³-hybridized carbons (Fsp3) is 1.00. The van der Waals surface area contributed by atoms with Crippen LogP contribution in [0.4, 0.5) is 0 Å². The SMILES string of the molecule is CN1CCC(CN2CCCNC(C3CC3)C2)C1. The summed E-state index contributed by atoms with van der Waals surface area (Å²) < 4.78 is 0. The molecule has 0 radical (unpaired) electrons. The molecule has 0 bridgehead atoms. The summed E-state index contributed by atoms with van der Waals surface area (Å²) in [6, 6.07) is 0.802. The van der Waals surface area contributed by atoms with Crippen molar-refractivity contribution in [3.8, 4) is 0 Å². The molecule has 2 atom stereocenters. The number of hydrogen-bond acceptors (Lipinski definition) is 3. The van der Waals surface area contributed by atoms with Crippen molar-refractivity contribution in [2.24, 2.45) is 11.8 Å². The lowest BCUT2D eigenvalue weighted by Gasteiger charge is -2.26. The summed E-state index contributed by atoms with van der Waals surface area (Å²) in [5, 5.41) is 3.76. The molecule has 0 aromatic heterocycles. The lowest BCUT2D eigenvalue weighted by Crippen LogP contribution is -2.41. The zero-order valence-electron chi connectivity index (χ0n) is 11.2. The Kier molecular flexibility index (Phi) is 3.69. The second kappa shape index (κ2) is 5.25. The summed E-state index contributed by atoms with van der Waals surface area (Å²) in [5.74, 6) is 1.93. The van der Waals surface area contributed by atoms with E-state index in [1.54, 1.807) is 0 Å². The summed E-state index contributed by atoms with van der Waals surface area (Å²) in [5.41, 5.74) is 0. The van der Waals surface area contributed by atoms with E-state index in [4.69, 9.17) is 0 Å². The zero-order chi connectivity index (χ0) is 11.7. The van der Waals surface area contributed by atoms with Crippen molar-refractivity contribution in [1.82, 2.24) is 15.1 Å². The van der Waals surface area contributed by atoms with Gasteiger partial charge in [-0.15, -0.1) is 0 Å². The Bertz CT molecular complexity index is 252. The first-order valence-corrected chi connectivity index (χ1v) is 7.45. The molecular formula is C14H27N3. The standard InChI is InChI=1S/C14H27N3/c1-16-8-5-12(9-16)10-17-7-2-6-15-14(11-17)13-3-4-13/h12-15H,2-11H2,1H3.